The number of benzene rings is 2. The monoisotopic (exact) mass is 399 g/mol. The number of hydrogen-bond acceptors (Lipinski definition) is 6. The van der Waals surface area contributed by atoms with E-state index in [0.29, 0.717) is 0 Å². The van der Waals surface area contributed by atoms with Crippen LogP contribution in [0.25, 0.3) is 11.1 Å². The highest BCUT2D eigenvalue weighted by Crippen LogP contribution is 2.44. The summed E-state index contributed by atoms with van der Waals surface area (Å²) in [5.41, 5.74) is 3.48. The van der Waals surface area contributed by atoms with Crippen LogP contribution in [0.2, 0.25) is 0 Å². The Morgan fingerprint density at radius 1 is 1.03 bits per heavy atom. The maximum atomic E-state index is 12.4. The van der Waals surface area contributed by atoms with E-state index in [0.717, 1.165) is 27.3 Å². The van der Waals surface area contributed by atoms with Crippen LogP contribution in [0.3, 0.4) is 0 Å². The number of ether oxygens (including phenoxy) is 1. The number of nitrogens with zero attached hydrogens (tertiary/aromatic N) is 1. The van der Waals surface area contributed by atoms with Gasteiger partial charge in [-0.25, -0.2) is 4.79 Å². The summed E-state index contributed by atoms with van der Waals surface area (Å²) in [6, 6.07) is 14.5. The first kappa shape index (κ1) is 20.8. The zero-order chi connectivity index (χ0) is 21.2. The Kier molecular flexibility index (Phi) is 5.91. The molecule has 2 N–H and O–H groups in total. The van der Waals surface area contributed by atoms with Crippen LogP contribution in [0.5, 0.6) is 0 Å². The predicted molar refractivity (Wildman–Crippen MR) is 106 cm³/mol. The molecule has 7 nitrogen and oxygen atoms in total. The summed E-state index contributed by atoms with van der Waals surface area (Å²) in [5, 5.41) is 19.7. The number of aliphatic hydroxyl groups excluding tert-OH is 1. The van der Waals surface area contributed by atoms with E-state index < -0.39 is 30.3 Å². The Morgan fingerprint density at radius 3 is 2.00 bits per heavy atom. The molecule has 154 valence electrons. The summed E-state index contributed by atoms with van der Waals surface area (Å²) in [5.74, 6) is -1.43. The lowest BCUT2D eigenvalue weighted by atomic mass is 9.98. The number of aliphatic carboxylic acids is 1. The van der Waals surface area contributed by atoms with Gasteiger partial charge in [0, 0.05) is 11.5 Å². The van der Waals surface area contributed by atoms with Crippen molar-refractivity contribution in [3.63, 3.8) is 0 Å². The van der Waals surface area contributed by atoms with Gasteiger partial charge in [0.15, 0.2) is 6.04 Å². The second-order valence-electron chi connectivity index (χ2n) is 7.91. The first-order valence-electron chi connectivity index (χ1n) is 9.40. The molecule has 0 saturated carbocycles. The molecule has 0 aromatic heterocycles. The maximum absolute atomic E-state index is 12.4. The molecule has 0 bridgehead atoms. The Bertz CT molecular complexity index is 859. The lowest BCUT2D eigenvalue weighted by Crippen LogP contribution is -2.54. The topological polar surface area (TPSA) is 96.3 Å². The number of rotatable bonds is 6. The molecule has 1 atom stereocenters. The highest BCUT2D eigenvalue weighted by Gasteiger charge is 2.38. The van der Waals surface area contributed by atoms with Gasteiger partial charge in [0.2, 0.25) is 0 Å². The van der Waals surface area contributed by atoms with Crippen LogP contribution >= 0.6 is 0 Å². The van der Waals surface area contributed by atoms with E-state index in [2.05, 4.69) is 0 Å². The van der Waals surface area contributed by atoms with Crippen molar-refractivity contribution in [2.75, 3.05) is 13.2 Å². The highest BCUT2D eigenvalue weighted by atomic mass is 16.8. The average Bonchev–Trinajstić information content (AvgIpc) is 2.99. The van der Waals surface area contributed by atoms with E-state index in [9.17, 15) is 19.8 Å². The fourth-order valence-corrected chi connectivity index (χ4v) is 3.62. The van der Waals surface area contributed by atoms with Gasteiger partial charge in [-0.2, -0.15) is 0 Å². The Labute approximate surface area is 169 Å². The van der Waals surface area contributed by atoms with Gasteiger partial charge in [-0.05, 0) is 43.0 Å². The van der Waals surface area contributed by atoms with Crippen molar-refractivity contribution < 1.29 is 29.4 Å². The van der Waals surface area contributed by atoms with Crippen molar-refractivity contribution in [3.05, 3.63) is 59.7 Å². The number of hydrogen-bond donors (Lipinski definition) is 2. The maximum Gasteiger partial charge on any atom is 0.527 e. The van der Waals surface area contributed by atoms with Gasteiger partial charge in [0.25, 0.3) is 0 Å². The van der Waals surface area contributed by atoms with Crippen LogP contribution in [0.1, 0.15) is 37.8 Å². The van der Waals surface area contributed by atoms with Gasteiger partial charge < -0.3 is 19.8 Å². The summed E-state index contributed by atoms with van der Waals surface area (Å²) < 4.78 is 5.36. The van der Waals surface area contributed by atoms with Crippen molar-refractivity contribution in [2.45, 2.75) is 38.3 Å². The second-order valence-corrected chi connectivity index (χ2v) is 7.91. The molecule has 0 heterocycles. The minimum Gasteiger partial charge on any atom is -0.480 e. The van der Waals surface area contributed by atoms with Crippen LogP contribution < -0.4 is 0 Å². The largest absolute Gasteiger partial charge is 0.527 e. The molecule has 7 heteroatoms. The summed E-state index contributed by atoms with van der Waals surface area (Å²) in [6.07, 6.45) is -1.01. The molecule has 0 amide bonds. The number of carbonyl (C=O) groups excluding carboxylic acids is 1. The lowest BCUT2D eigenvalue weighted by Gasteiger charge is -2.36. The van der Waals surface area contributed by atoms with Crippen molar-refractivity contribution in [2.24, 2.45) is 0 Å². The van der Waals surface area contributed by atoms with Gasteiger partial charge in [0.05, 0.1) is 6.61 Å². The smallest absolute Gasteiger partial charge is 0.480 e. The Morgan fingerprint density at radius 2 is 1.55 bits per heavy atom. The average molecular weight is 399 g/mol. The van der Waals surface area contributed by atoms with Crippen LogP contribution in [0, 0.1) is 0 Å². The second kappa shape index (κ2) is 8.23. The third kappa shape index (κ3) is 4.26. The van der Waals surface area contributed by atoms with Crippen LogP contribution in [0.15, 0.2) is 48.5 Å². The number of aliphatic hydroxyl groups is 1. The number of hydroxylamine groups is 2. The normalized spacial score (nSPS) is 14.2. The first-order valence-corrected chi connectivity index (χ1v) is 9.40. The first-order chi connectivity index (χ1) is 13.7. The van der Waals surface area contributed by atoms with E-state index in [1.807, 2.05) is 48.5 Å². The highest BCUT2D eigenvalue weighted by molar-refractivity contribution is 5.79. The molecule has 2 aromatic carbocycles. The Hall–Kier alpha value is -2.90. The molecular formula is C22H25NO6. The van der Waals surface area contributed by atoms with Crippen LogP contribution in [-0.2, 0) is 14.4 Å². The van der Waals surface area contributed by atoms with Crippen molar-refractivity contribution in [1.29, 1.82) is 0 Å². The molecule has 0 saturated heterocycles. The number of carboxylic acid groups (broad SMARTS) is 1. The summed E-state index contributed by atoms with van der Waals surface area (Å²) in [6.45, 7) is 4.38. The molecule has 3 rings (SSSR count). The standard InChI is InChI=1S/C22H25NO6/c1-22(2,3)23(19(12-24)20(25)26)29-21(27)28-13-18-16-10-6-4-8-14(16)15-9-5-7-11-17(15)18/h4-11,18-19,24H,12-13H2,1-3H3,(H,25,26)/t19-/m0/s1. The molecule has 0 unspecified atom stereocenters. The molecule has 1 aliphatic carbocycles. The lowest BCUT2D eigenvalue weighted by molar-refractivity contribution is -0.216. The SMILES string of the molecule is CC(C)(C)N(OC(=O)OCC1c2ccccc2-c2ccccc21)[C@@H](CO)C(=O)O. The van der Waals surface area contributed by atoms with Crippen molar-refractivity contribution >= 4 is 12.1 Å². The molecule has 0 fully saturated rings. The van der Waals surface area contributed by atoms with Crippen molar-refractivity contribution in [1.82, 2.24) is 5.06 Å². The van der Waals surface area contributed by atoms with E-state index in [1.165, 1.54) is 0 Å². The van der Waals surface area contributed by atoms with Crippen molar-refractivity contribution in [3.8, 4) is 11.1 Å². The van der Waals surface area contributed by atoms with Crippen LogP contribution in [0.4, 0.5) is 4.79 Å². The minimum absolute atomic E-state index is 0.0572. The molecule has 0 spiro atoms. The molecule has 0 radical (unpaired) electrons. The third-order valence-electron chi connectivity index (χ3n) is 4.91. The van der Waals surface area contributed by atoms with Gasteiger partial charge in [-0.1, -0.05) is 48.5 Å². The van der Waals surface area contributed by atoms with E-state index in [1.54, 1.807) is 20.8 Å². The van der Waals surface area contributed by atoms with Gasteiger partial charge >= 0.3 is 12.1 Å². The minimum atomic E-state index is -1.39. The zero-order valence-corrected chi connectivity index (χ0v) is 16.7. The van der Waals surface area contributed by atoms with E-state index in [-0.39, 0.29) is 12.5 Å². The summed E-state index contributed by atoms with van der Waals surface area (Å²) in [7, 11) is 0. The predicted octanol–water partition coefficient (Wildman–Crippen LogP) is 3.41. The summed E-state index contributed by atoms with van der Waals surface area (Å²) in [4.78, 5) is 29.0. The molecule has 0 aliphatic heterocycles. The quantitative estimate of drug-likeness (QED) is 0.567. The number of fused-ring (bicyclic) bond motifs is 3. The van der Waals surface area contributed by atoms with Gasteiger partial charge in [-0.15, -0.1) is 5.06 Å². The fourth-order valence-electron chi connectivity index (χ4n) is 3.62. The summed E-state index contributed by atoms with van der Waals surface area (Å²) >= 11 is 0. The van der Waals surface area contributed by atoms with E-state index in [4.69, 9.17) is 9.57 Å². The van der Waals surface area contributed by atoms with Gasteiger partial charge in [0.1, 0.15) is 6.61 Å². The number of carbonyl (C=O) groups is 2. The molecule has 1 aliphatic rings. The van der Waals surface area contributed by atoms with Gasteiger partial charge in [-0.3, -0.25) is 4.79 Å². The fraction of sp³-hybridized carbons (Fsp3) is 0.364. The molecule has 29 heavy (non-hydrogen) atoms. The number of carboxylic acids is 1. The van der Waals surface area contributed by atoms with E-state index >= 15 is 0 Å². The van der Waals surface area contributed by atoms with Crippen LogP contribution in [-0.4, -0.2) is 52.2 Å². The molecular weight excluding hydrogens is 374 g/mol. The third-order valence-corrected chi connectivity index (χ3v) is 4.91. The zero-order valence-electron chi connectivity index (χ0n) is 16.7. The Balaban J connectivity index is 1.74. The molecule has 2 aromatic rings.